The number of nitrogens with zero attached hydrogens (tertiary/aromatic N) is 2. The summed E-state index contributed by atoms with van der Waals surface area (Å²) in [4.78, 5) is 29.6. The second-order valence-corrected chi connectivity index (χ2v) is 5.39. The molecule has 1 amide bonds. The Hall–Kier alpha value is -1.43. The number of esters is 1. The Morgan fingerprint density at radius 1 is 1.47 bits per heavy atom. The van der Waals surface area contributed by atoms with Crippen molar-refractivity contribution in [2.24, 2.45) is 5.92 Å². The molecule has 2 rings (SSSR count). The standard InChI is InChI=1S/C13H15BrN2O3/c1-19-13(18)9-3-2-6-16(8-9)12(17)11-5-4-10(14)7-15-11/h4-5,7,9H,2-3,6,8H2,1H3. The molecule has 1 aliphatic heterocycles. The number of methoxy groups -OCH3 is 1. The number of halogens is 1. The van der Waals surface area contributed by atoms with Crippen LogP contribution in [0, 0.1) is 5.92 Å². The van der Waals surface area contributed by atoms with Gasteiger partial charge in [0, 0.05) is 23.8 Å². The number of piperidine rings is 1. The lowest BCUT2D eigenvalue weighted by molar-refractivity contribution is -0.146. The van der Waals surface area contributed by atoms with Gasteiger partial charge in [0.15, 0.2) is 0 Å². The maximum absolute atomic E-state index is 12.3. The Morgan fingerprint density at radius 2 is 2.26 bits per heavy atom. The highest BCUT2D eigenvalue weighted by molar-refractivity contribution is 9.10. The van der Waals surface area contributed by atoms with E-state index < -0.39 is 0 Å². The summed E-state index contributed by atoms with van der Waals surface area (Å²) in [5.41, 5.74) is 0.397. The van der Waals surface area contributed by atoms with Crippen LogP contribution in [0.5, 0.6) is 0 Å². The summed E-state index contributed by atoms with van der Waals surface area (Å²) in [6.07, 6.45) is 3.17. The van der Waals surface area contributed by atoms with Gasteiger partial charge in [-0.1, -0.05) is 0 Å². The molecule has 0 aliphatic carbocycles. The second kappa shape index (κ2) is 6.14. The molecule has 0 N–H and O–H groups in total. The SMILES string of the molecule is COC(=O)C1CCCN(C(=O)c2ccc(Br)cn2)C1. The van der Waals surface area contributed by atoms with Gasteiger partial charge in [-0.15, -0.1) is 0 Å². The third-order valence-corrected chi connectivity index (χ3v) is 3.66. The number of carbonyl (C=O) groups is 2. The van der Waals surface area contributed by atoms with Crippen LogP contribution in [0.2, 0.25) is 0 Å². The minimum atomic E-state index is -0.249. The number of amides is 1. The minimum Gasteiger partial charge on any atom is -0.469 e. The first-order valence-electron chi connectivity index (χ1n) is 6.10. The first kappa shape index (κ1) is 14.0. The van der Waals surface area contributed by atoms with Crippen molar-refractivity contribution in [1.29, 1.82) is 0 Å². The number of aromatic nitrogens is 1. The van der Waals surface area contributed by atoms with Gasteiger partial charge in [0.25, 0.3) is 5.91 Å². The quantitative estimate of drug-likeness (QED) is 0.778. The van der Waals surface area contributed by atoms with Crippen molar-refractivity contribution in [2.45, 2.75) is 12.8 Å². The van der Waals surface area contributed by atoms with Crippen LogP contribution < -0.4 is 0 Å². The van der Waals surface area contributed by atoms with Gasteiger partial charge < -0.3 is 9.64 Å². The van der Waals surface area contributed by atoms with E-state index in [0.29, 0.717) is 18.8 Å². The van der Waals surface area contributed by atoms with Crippen molar-refractivity contribution < 1.29 is 14.3 Å². The Morgan fingerprint density at radius 3 is 2.89 bits per heavy atom. The van der Waals surface area contributed by atoms with Crippen molar-refractivity contribution in [2.75, 3.05) is 20.2 Å². The van der Waals surface area contributed by atoms with E-state index in [1.807, 2.05) is 0 Å². The van der Waals surface area contributed by atoms with E-state index in [4.69, 9.17) is 4.74 Å². The van der Waals surface area contributed by atoms with E-state index in [2.05, 4.69) is 20.9 Å². The summed E-state index contributed by atoms with van der Waals surface area (Å²) in [7, 11) is 1.37. The molecular weight excluding hydrogens is 312 g/mol. The van der Waals surface area contributed by atoms with E-state index in [-0.39, 0.29) is 17.8 Å². The van der Waals surface area contributed by atoms with E-state index in [1.165, 1.54) is 7.11 Å². The maximum atomic E-state index is 12.3. The highest BCUT2D eigenvalue weighted by Gasteiger charge is 2.29. The summed E-state index contributed by atoms with van der Waals surface area (Å²) in [5.74, 6) is -0.611. The highest BCUT2D eigenvalue weighted by Crippen LogP contribution is 2.19. The Labute approximate surface area is 120 Å². The fourth-order valence-corrected chi connectivity index (χ4v) is 2.42. The molecule has 2 heterocycles. The van der Waals surface area contributed by atoms with Crippen LogP contribution in [0.3, 0.4) is 0 Å². The number of pyridine rings is 1. The fourth-order valence-electron chi connectivity index (χ4n) is 2.18. The van der Waals surface area contributed by atoms with Gasteiger partial charge in [-0.3, -0.25) is 9.59 Å². The molecular formula is C13H15BrN2O3. The van der Waals surface area contributed by atoms with Gasteiger partial charge in [-0.2, -0.15) is 0 Å². The molecule has 1 aliphatic rings. The van der Waals surface area contributed by atoms with Crippen LogP contribution >= 0.6 is 15.9 Å². The van der Waals surface area contributed by atoms with Gasteiger partial charge in [0.1, 0.15) is 5.69 Å². The van der Waals surface area contributed by atoms with Gasteiger partial charge in [-0.05, 0) is 40.9 Å². The van der Waals surface area contributed by atoms with E-state index in [1.54, 1.807) is 23.2 Å². The third kappa shape index (κ3) is 3.32. The van der Waals surface area contributed by atoms with Crippen LogP contribution in [0.15, 0.2) is 22.8 Å². The number of likely N-dealkylation sites (tertiary alicyclic amines) is 1. The van der Waals surface area contributed by atoms with Crippen LogP contribution in [0.1, 0.15) is 23.3 Å². The Balaban J connectivity index is 2.06. The smallest absolute Gasteiger partial charge is 0.310 e. The molecule has 1 saturated heterocycles. The predicted octanol–water partition coefficient (Wildman–Crippen LogP) is 1.87. The van der Waals surface area contributed by atoms with Crippen LogP contribution in [0.25, 0.3) is 0 Å². The van der Waals surface area contributed by atoms with Gasteiger partial charge in [0.2, 0.25) is 0 Å². The molecule has 1 aromatic rings. The van der Waals surface area contributed by atoms with E-state index in [9.17, 15) is 9.59 Å². The lowest BCUT2D eigenvalue weighted by Gasteiger charge is -2.31. The molecule has 1 unspecified atom stereocenters. The second-order valence-electron chi connectivity index (χ2n) is 4.48. The first-order valence-corrected chi connectivity index (χ1v) is 6.89. The normalized spacial score (nSPS) is 19.1. The zero-order valence-corrected chi connectivity index (χ0v) is 12.2. The molecule has 19 heavy (non-hydrogen) atoms. The van der Waals surface area contributed by atoms with Crippen molar-refractivity contribution in [1.82, 2.24) is 9.88 Å². The lowest BCUT2D eigenvalue weighted by Crippen LogP contribution is -2.42. The summed E-state index contributed by atoms with van der Waals surface area (Å²) < 4.78 is 5.57. The largest absolute Gasteiger partial charge is 0.469 e. The maximum Gasteiger partial charge on any atom is 0.310 e. The average molecular weight is 327 g/mol. The Kier molecular flexibility index (Phi) is 4.52. The van der Waals surface area contributed by atoms with E-state index >= 15 is 0 Å². The van der Waals surface area contributed by atoms with Crippen molar-refractivity contribution in [3.8, 4) is 0 Å². The average Bonchev–Trinajstić information content (AvgIpc) is 2.46. The molecule has 0 saturated carbocycles. The molecule has 1 atom stereocenters. The molecule has 1 fully saturated rings. The number of hydrogen-bond acceptors (Lipinski definition) is 4. The van der Waals surface area contributed by atoms with Gasteiger partial charge >= 0.3 is 5.97 Å². The zero-order chi connectivity index (χ0) is 13.8. The number of rotatable bonds is 2. The fraction of sp³-hybridized carbons (Fsp3) is 0.462. The van der Waals surface area contributed by atoms with Gasteiger partial charge in [-0.25, -0.2) is 4.98 Å². The molecule has 102 valence electrons. The van der Waals surface area contributed by atoms with E-state index in [0.717, 1.165) is 17.3 Å². The topological polar surface area (TPSA) is 59.5 Å². The predicted molar refractivity (Wildman–Crippen MR) is 72.6 cm³/mol. The highest BCUT2D eigenvalue weighted by atomic mass is 79.9. The third-order valence-electron chi connectivity index (χ3n) is 3.19. The van der Waals surface area contributed by atoms with Crippen LogP contribution in [-0.4, -0.2) is 42.0 Å². The summed E-state index contributed by atoms with van der Waals surface area (Å²) in [6.45, 7) is 1.06. The lowest BCUT2D eigenvalue weighted by atomic mass is 9.98. The molecule has 1 aromatic heterocycles. The summed E-state index contributed by atoms with van der Waals surface area (Å²) in [6, 6.07) is 3.45. The molecule has 0 spiro atoms. The van der Waals surface area contributed by atoms with Crippen LogP contribution in [-0.2, 0) is 9.53 Å². The number of hydrogen-bond donors (Lipinski definition) is 0. The molecule has 0 radical (unpaired) electrons. The molecule has 5 nitrogen and oxygen atoms in total. The van der Waals surface area contributed by atoms with Crippen LogP contribution in [0.4, 0.5) is 0 Å². The molecule has 0 bridgehead atoms. The van der Waals surface area contributed by atoms with Crippen molar-refractivity contribution in [3.05, 3.63) is 28.5 Å². The summed E-state index contributed by atoms with van der Waals surface area (Å²) in [5, 5.41) is 0. The molecule has 6 heteroatoms. The Bertz CT molecular complexity index is 475. The minimum absolute atomic E-state index is 0.138. The molecule has 0 aromatic carbocycles. The summed E-state index contributed by atoms with van der Waals surface area (Å²) >= 11 is 3.28. The monoisotopic (exact) mass is 326 g/mol. The van der Waals surface area contributed by atoms with Crippen molar-refractivity contribution >= 4 is 27.8 Å². The zero-order valence-electron chi connectivity index (χ0n) is 10.6. The first-order chi connectivity index (χ1) is 9.11. The van der Waals surface area contributed by atoms with Gasteiger partial charge in [0.05, 0.1) is 13.0 Å². The van der Waals surface area contributed by atoms with Crippen molar-refractivity contribution in [3.63, 3.8) is 0 Å². The number of ether oxygens (including phenoxy) is 1. The number of carbonyl (C=O) groups excluding carboxylic acids is 2.